The van der Waals surface area contributed by atoms with Crippen LogP contribution in [0, 0.1) is 0 Å². The lowest BCUT2D eigenvalue weighted by atomic mass is 9.96. The summed E-state index contributed by atoms with van der Waals surface area (Å²) in [5, 5.41) is 7.59. The van der Waals surface area contributed by atoms with Crippen molar-refractivity contribution in [2.75, 3.05) is 0 Å². The Hall–Kier alpha value is -8.40. The highest BCUT2D eigenvalue weighted by molar-refractivity contribution is 6.11. The van der Waals surface area contributed by atoms with Gasteiger partial charge in [-0.2, -0.15) is 0 Å². The molecule has 3 heterocycles. The number of hydrogen-bond donors (Lipinski definition) is 0. The van der Waals surface area contributed by atoms with Crippen molar-refractivity contribution in [3.05, 3.63) is 237 Å². The van der Waals surface area contributed by atoms with Gasteiger partial charge in [0.2, 0.25) is 0 Å². The first-order chi connectivity index (χ1) is 31.2. The van der Waals surface area contributed by atoms with Crippen molar-refractivity contribution in [3.8, 4) is 50.4 Å². The molecule has 10 aromatic carbocycles. The molecule has 0 saturated heterocycles. The van der Waals surface area contributed by atoms with E-state index in [1.165, 1.54) is 98.8 Å². The van der Waals surface area contributed by atoms with Crippen molar-refractivity contribution in [3.63, 3.8) is 0 Å². The topological polar surface area (TPSA) is 14.8 Å². The molecule has 0 unspecified atom stereocenters. The SMILES string of the molecule is c1ccc2c(c1)c1ccccc1n2-c1ccc(-c2ccc(-c3cc(-c4ccc(-n5c6ccccc6c6ccccc65)cc4)cc(-n4c5ccccc5c5ccccc54)c3)cc2)cc1. The fourth-order valence-corrected chi connectivity index (χ4v) is 10.1. The molecule has 3 nitrogen and oxygen atoms in total. The van der Waals surface area contributed by atoms with Crippen LogP contribution in [0.5, 0.6) is 0 Å². The first-order valence-electron chi connectivity index (χ1n) is 21.7. The molecule has 0 fully saturated rings. The molecule has 0 bridgehead atoms. The molecule has 0 spiro atoms. The first-order valence-corrected chi connectivity index (χ1v) is 21.7. The van der Waals surface area contributed by atoms with Gasteiger partial charge < -0.3 is 13.7 Å². The summed E-state index contributed by atoms with van der Waals surface area (Å²) in [6.45, 7) is 0. The molecular weight excluding hydrogens is 763 g/mol. The van der Waals surface area contributed by atoms with Crippen LogP contribution in [0.1, 0.15) is 0 Å². The molecule has 63 heavy (non-hydrogen) atoms. The minimum atomic E-state index is 1.14. The normalized spacial score (nSPS) is 11.8. The van der Waals surface area contributed by atoms with E-state index in [0.717, 1.165) is 17.1 Å². The van der Waals surface area contributed by atoms with E-state index in [9.17, 15) is 0 Å². The average molecular weight is 802 g/mol. The minimum absolute atomic E-state index is 1.14. The lowest BCUT2D eigenvalue weighted by molar-refractivity contribution is 1.18. The summed E-state index contributed by atoms with van der Waals surface area (Å²) in [7, 11) is 0. The second-order valence-corrected chi connectivity index (χ2v) is 16.5. The van der Waals surface area contributed by atoms with Crippen molar-refractivity contribution in [2.24, 2.45) is 0 Å². The minimum Gasteiger partial charge on any atom is -0.309 e. The number of fused-ring (bicyclic) bond motifs is 9. The third-order valence-corrected chi connectivity index (χ3v) is 13.1. The van der Waals surface area contributed by atoms with E-state index in [2.05, 4.69) is 250 Å². The van der Waals surface area contributed by atoms with Gasteiger partial charge in [0.05, 0.1) is 33.1 Å². The molecule has 0 N–H and O–H groups in total. The standard InChI is InChI=1S/C60H39N3/c1-7-19-55-49(13-1)50-14-2-8-20-56(50)61(55)46-33-29-41(30-34-46)40-25-27-42(28-26-40)44-37-45(39-48(38-44)63-59-23-11-5-17-53(59)54-18-6-12-24-60(54)63)43-31-35-47(36-32-43)62-57-21-9-3-15-51(57)52-16-4-10-22-58(52)62/h1-39H. The Kier molecular flexibility index (Phi) is 7.91. The van der Waals surface area contributed by atoms with Crippen LogP contribution in [0.15, 0.2) is 237 Å². The third kappa shape index (κ3) is 5.60. The predicted octanol–water partition coefficient (Wildman–Crippen LogP) is 16.0. The van der Waals surface area contributed by atoms with Gasteiger partial charge in [-0.25, -0.2) is 0 Å². The van der Waals surface area contributed by atoms with Crippen LogP contribution in [0.2, 0.25) is 0 Å². The van der Waals surface area contributed by atoms with Crippen molar-refractivity contribution in [2.45, 2.75) is 0 Å². The summed E-state index contributed by atoms with van der Waals surface area (Å²) in [6.07, 6.45) is 0. The van der Waals surface area contributed by atoms with Crippen LogP contribution < -0.4 is 0 Å². The second kappa shape index (κ2) is 14.1. The van der Waals surface area contributed by atoms with E-state index >= 15 is 0 Å². The molecule has 3 aromatic heterocycles. The van der Waals surface area contributed by atoms with Crippen LogP contribution in [-0.2, 0) is 0 Å². The lowest BCUT2D eigenvalue weighted by Crippen LogP contribution is -1.96. The maximum absolute atomic E-state index is 2.43. The Morgan fingerprint density at radius 1 is 0.175 bits per heavy atom. The van der Waals surface area contributed by atoms with E-state index < -0.39 is 0 Å². The van der Waals surface area contributed by atoms with Crippen LogP contribution in [0.25, 0.3) is 116 Å². The van der Waals surface area contributed by atoms with Gasteiger partial charge in [0.25, 0.3) is 0 Å². The van der Waals surface area contributed by atoms with E-state index in [4.69, 9.17) is 0 Å². The van der Waals surface area contributed by atoms with Gasteiger partial charge >= 0.3 is 0 Å². The molecule has 0 radical (unpaired) electrons. The van der Waals surface area contributed by atoms with Crippen molar-refractivity contribution in [1.29, 1.82) is 0 Å². The molecule has 0 atom stereocenters. The molecule has 0 aliphatic rings. The Bertz CT molecular complexity index is 3720. The number of hydrogen-bond acceptors (Lipinski definition) is 0. The van der Waals surface area contributed by atoms with Gasteiger partial charge in [-0.15, -0.1) is 0 Å². The number of rotatable bonds is 6. The quantitative estimate of drug-likeness (QED) is 0.159. The van der Waals surface area contributed by atoms with Gasteiger partial charge in [-0.05, 0) is 112 Å². The first kappa shape index (κ1) is 35.4. The summed E-state index contributed by atoms with van der Waals surface area (Å²) < 4.78 is 7.18. The molecule has 294 valence electrons. The van der Waals surface area contributed by atoms with Crippen molar-refractivity contribution in [1.82, 2.24) is 13.7 Å². The van der Waals surface area contributed by atoms with Gasteiger partial charge in [0, 0.05) is 49.4 Å². The predicted molar refractivity (Wildman–Crippen MR) is 266 cm³/mol. The second-order valence-electron chi connectivity index (χ2n) is 16.5. The maximum Gasteiger partial charge on any atom is 0.0541 e. The molecule has 0 amide bonds. The number of nitrogens with zero attached hydrogens (tertiary/aromatic N) is 3. The monoisotopic (exact) mass is 801 g/mol. The summed E-state index contributed by atoms with van der Waals surface area (Å²) in [4.78, 5) is 0. The molecule has 0 aliphatic carbocycles. The number of para-hydroxylation sites is 6. The summed E-state index contributed by atoms with van der Waals surface area (Å²) in [6, 6.07) is 86.5. The molecule has 0 aliphatic heterocycles. The van der Waals surface area contributed by atoms with Crippen LogP contribution in [-0.4, -0.2) is 13.7 Å². The van der Waals surface area contributed by atoms with Crippen LogP contribution >= 0.6 is 0 Å². The van der Waals surface area contributed by atoms with Gasteiger partial charge in [-0.1, -0.05) is 158 Å². The summed E-state index contributed by atoms with van der Waals surface area (Å²) in [5.74, 6) is 0. The Morgan fingerprint density at radius 2 is 0.397 bits per heavy atom. The molecule has 3 heteroatoms. The highest BCUT2D eigenvalue weighted by Crippen LogP contribution is 2.39. The van der Waals surface area contributed by atoms with Crippen LogP contribution in [0.4, 0.5) is 0 Å². The summed E-state index contributed by atoms with van der Waals surface area (Å²) >= 11 is 0. The highest BCUT2D eigenvalue weighted by atomic mass is 15.0. The van der Waals surface area contributed by atoms with Gasteiger partial charge in [-0.3, -0.25) is 0 Å². The maximum atomic E-state index is 2.43. The van der Waals surface area contributed by atoms with E-state index in [0.29, 0.717) is 0 Å². The largest absolute Gasteiger partial charge is 0.309 e. The van der Waals surface area contributed by atoms with E-state index in [1.807, 2.05) is 0 Å². The zero-order valence-electron chi connectivity index (χ0n) is 34.4. The number of benzene rings is 10. The zero-order valence-corrected chi connectivity index (χ0v) is 34.4. The third-order valence-electron chi connectivity index (χ3n) is 13.1. The van der Waals surface area contributed by atoms with E-state index in [1.54, 1.807) is 0 Å². The lowest BCUT2D eigenvalue weighted by Gasteiger charge is -2.15. The Morgan fingerprint density at radius 3 is 0.683 bits per heavy atom. The van der Waals surface area contributed by atoms with Crippen LogP contribution in [0.3, 0.4) is 0 Å². The highest BCUT2D eigenvalue weighted by Gasteiger charge is 2.17. The van der Waals surface area contributed by atoms with Crippen molar-refractivity contribution < 1.29 is 0 Å². The van der Waals surface area contributed by atoms with Gasteiger partial charge in [0.1, 0.15) is 0 Å². The molecule has 13 aromatic rings. The average Bonchev–Trinajstić information content (AvgIpc) is 4.00. The summed E-state index contributed by atoms with van der Waals surface area (Å²) in [5.41, 5.74) is 17.8. The van der Waals surface area contributed by atoms with Gasteiger partial charge in [0.15, 0.2) is 0 Å². The molecule has 13 rings (SSSR count). The molecule has 0 saturated carbocycles. The fourth-order valence-electron chi connectivity index (χ4n) is 10.1. The van der Waals surface area contributed by atoms with E-state index in [-0.39, 0.29) is 0 Å². The Labute approximate surface area is 364 Å². The van der Waals surface area contributed by atoms with Crippen molar-refractivity contribution >= 4 is 65.4 Å². The Balaban J connectivity index is 0.910. The molecular formula is C60H39N3. The zero-order chi connectivity index (χ0) is 41.4. The number of aromatic nitrogens is 3. The smallest absolute Gasteiger partial charge is 0.0541 e. The fraction of sp³-hybridized carbons (Fsp3) is 0.